The maximum absolute atomic E-state index is 5.36. The van der Waals surface area contributed by atoms with Crippen LogP contribution in [0.3, 0.4) is 0 Å². The van der Waals surface area contributed by atoms with E-state index < -0.39 is 8.38 Å². The van der Waals surface area contributed by atoms with Crippen molar-refractivity contribution in [2.75, 3.05) is 13.2 Å². The molecule has 73 valence electrons. The molecule has 0 amide bonds. The maximum atomic E-state index is 5.36. The summed E-state index contributed by atoms with van der Waals surface area (Å²) in [5.74, 6) is 0. The van der Waals surface area contributed by atoms with Crippen LogP contribution in [-0.4, -0.2) is 13.2 Å². The van der Waals surface area contributed by atoms with E-state index in [0.29, 0.717) is 0 Å². The molecule has 0 rings (SSSR count). The van der Waals surface area contributed by atoms with Crippen LogP contribution in [0.2, 0.25) is 0 Å². The van der Waals surface area contributed by atoms with Gasteiger partial charge in [-0.3, -0.25) is 0 Å². The molecule has 0 unspecified atom stereocenters. The van der Waals surface area contributed by atoms with Crippen LogP contribution in [-0.2, 0) is 9.05 Å². The molecule has 0 saturated heterocycles. The molecule has 0 aromatic rings. The van der Waals surface area contributed by atoms with Gasteiger partial charge in [-0.05, 0) is 12.8 Å². The quantitative estimate of drug-likeness (QED) is 0.430. The third kappa shape index (κ3) is 8.45. The molecule has 0 aromatic carbocycles. The minimum absolute atomic E-state index is 0.790. The molecule has 0 bridgehead atoms. The molecule has 0 N–H and O–H groups in total. The van der Waals surface area contributed by atoms with E-state index >= 15 is 0 Å². The van der Waals surface area contributed by atoms with E-state index in [0.717, 1.165) is 38.9 Å². The van der Waals surface area contributed by atoms with E-state index in [1.165, 1.54) is 0 Å². The Labute approximate surface area is 77.6 Å². The lowest BCUT2D eigenvalue weighted by Crippen LogP contribution is -1.92. The lowest BCUT2D eigenvalue weighted by Gasteiger charge is -2.11. The fraction of sp³-hybridized carbons (Fsp3) is 0.889. The molecule has 0 saturated carbocycles. The van der Waals surface area contributed by atoms with E-state index in [4.69, 9.17) is 9.05 Å². The molecule has 12 heavy (non-hydrogen) atoms. The third-order valence-corrected chi connectivity index (χ3v) is 2.41. The van der Waals surface area contributed by atoms with Crippen molar-refractivity contribution in [2.45, 2.75) is 39.5 Å². The van der Waals surface area contributed by atoms with Crippen LogP contribution in [0.1, 0.15) is 39.5 Å². The minimum Gasteiger partial charge on any atom is -0.334 e. The van der Waals surface area contributed by atoms with Gasteiger partial charge in [-0.1, -0.05) is 26.7 Å². The van der Waals surface area contributed by atoms with Crippen LogP contribution in [0.5, 0.6) is 0 Å². The predicted octanol–water partition coefficient (Wildman–Crippen LogP) is 3.72. The molecule has 0 aliphatic carbocycles. The molecule has 3 heteroatoms. The Bertz CT molecular complexity index is 78.6. The predicted molar refractivity (Wildman–Crippen MR) is 54.0 cm³/mol. The Kier molecular flexibility index (Phi) is 9.71. The van der Waals surface area contributed by atoms with Crippen molar-refractivity contribution in [1.29, 1.82) is 0 Å². The van der Waals surface area contributed by atoms with E-state index in [-0.39, 0.29) is 0 Å². The first kappa shape index (κ1) is 12.3. The van der Waals surface area contributed by atoms with E-state index in [2.05, 4.69) is 20.5 Å². The second-order valence-corrected chi connectivity index (χ2v) is 3.89. The van der Waals surface area contributed by atoms with Gasteiger partial charge in [-0.25, -0.2) is 0 Å². The number of hydrogen-bond acceptors (Lipinski definition) is 2. The van der Waals surface area contributed by atoms with Crippen LogP contribution >= 0.6 is 8.38 Å². The van der Waals surface area contributed by atoms with Crippen molar-refractivity contribution in [1.82, 2.24) is 0 Å². The summed E-state index contributed by atoms with van der Waals surface area (Å²) < 4.78 is 10.7. The van der Waals surface area contributed by atoms with Gasteiger partial charge in [0, 0.05) is 6.66 Å². The van der Waals surface area contributed by atoms with Gasteiger partial charge < -0.3 is 9.05 Å². The minimum atomic E-state index is -0.854. The van der Waals surface area contributed by atoms with E-state index in [1.54, 1.807) is 0 Å². The van der Waals surface area contributed by atoms with Crippen molar-refractivity contribution in [2.24, 2.45) is 0 Å². The van der Waals surface area contributed by atoms with Crippen LogP contribution in [0.25, 0.3) is 0 Å². The zero-order chi connectivity index (χ0) is 9.23. The molecular formula is C9H20O2P. The van der Waals surface area contributed by atoms with Crippen molar-refractivity contribution >= 4 is 8.38 Å². The first-order chi connectivity index (χ1) is 5.81. The number of unbranched alkanes of at least 4 members (excludes halogenated alkanes) is 2. The summed E-state index contributed by atoms with van der Waals surface area (Å²) >= 11 is 0. The Balaban J connectivity index is 3.04. The van der Waals surface area contributed by atoms with Gasteiger partial charge in [-0.2, -0.15) is 0 Å². The van der Waals surface area contributed by atoms with Gasteiger partial charge in [0.2, 0.25) is 0 Å². The lowest BCUT2D eigenvalue weighted by molar-refractivity contribution is 0.249. The molecule has 0 fully saturated rings. The third-order valence-electron chi connectivity index (χ3n) is 1.47. The van der Waals surface area contributed by atoms with E-state index in [9.17, 15) is 0 Å². The molecule has 0 spiro atoms. The highest BCUT2D eigenvalue weighted by molar-refractivity contribution is 7.48. The largest absolute Gasteiger partial charge is 0.334 e. The van der Waals surface area contributed by atoms with Crippen molar-refractivity contribution in [3.8, 4) is 0 Å². The Morgan fingerprint density at radius 3 is 1.75 bits per heavy atom. The van der Waals surface area contributed by atoms with Crippen molar-refractivity contribution in [3.05, 3.63) is 6.66 Å². The standard InChI is InChI=1S/C9H20O2P/c1-4-6-8-10-12(3)11-9-7-5-2/h3-9H2,1-2H3. The molecule has 0 aromatic heterocycles. The fourth-order valence-corrected chi connectivity index (χ4v) is 1.40. The summed E-state index contributed by atoms with van der Waals surface area (Å²) in [6, 6.07) is 0. The summed E-state index contributed by atoms with van der Waals surface area (Å²) in [5.41, 5.74) is 0. The van der Waals surface area contributed by atoms with Gasteiger partial charge in [0.25, 0.3) is 0 Å². The molecule has 0 aliphatic rings. The van der Waals surface area contributed by atoms with Crippen LogP contribution in [0, 0.1) is 6.66 Å². The first-order valence-electron chi connectivity index (χ1n) is 4.67. The summed E-state index contributed by atoms with van der Waals surface area (Å²) in [5, 5.41) is 0. The van der Waals surface area contributed by atoms with Crippen LogP contribution < -0.4 is 0 Å². The molecule has 0 heterocycles. The highest BCUT2D eigenvalue weighted by Gasteiger charge is 2.00. The van der Waals surface area contributed by atoms with Crippen LogP contribution in [0.15, 0.2) is 0 Å². The van der Waals surface area contributed by atoms with Gasteiger partial charge in [0.05, 0.1) is 13.2 Å². The highest BCUT2D eigenvalue weighted by Crippen LogP contribution is 2.36. The second kappa shape index (κ2) is 9.44. The smallest absolute Gasteiger partial charge is 0.170 e. The summed E-state index contributed by atoms with van der Waals surface area (Å²) in [6.07, 6.45) is 4.53. The fourth-order valence-electron chi connectivity index (χ4n) is 0.659. The average molecular weight is 191 g/mol. The van der Waals surface area contributed by atoms with Gasteiger partial charge in [0.1, 0.15) is 0 Å². The summed E-state index contributed by atoms with van der Waals surface area (Å²) in [7, 11) is -0.854. The van der Waals surface area contributed by atoms with Crippen molar-refractivity contribution < 1.29 is 9.05 Å². The lowest BCUT2D eigenvalue weighted by atomic mass is 10.4. The second-order valence-electron chi connectivity index (χ2n) is 2.71. The monoisotopic (exact) mass is 191 g/mol. The Morgan fingerprint density at radius 2 is 1.42 bits per heavy atom. The topological polar surface area (TPSA) is 18.5 Å². The number of hydrogen-bond donors (Lipinski definition) is 0. The molecule has 0 atom stereocenters. The molecule has 1 radical (unpaired) electrons. The summed E-state index contributed by atoms with van der Waals surface area (Å²) in [6.45, 7) is 9.67. The zero-order valence-electron chi connectivity index (χ0n) is 8.21. The van der Waals surface area contributed by atoms with Gasteiger partial charge >= 0.3 is 0 Å². The summed E-state index contributed by atoms with van der Waals surface area (Å²) in [4.78, 5) is 0. The zero-order valence-corrected chi connectivity index (χ0v) is 9.11. The Hall–Kier alpha value is 0.350. The molecule has 2 nitrogen and oxygen atoms in total. The van der Waals surface area contributed by atoms with Gasteiger partial charge in [0.15, 0.2) is 8.38 Å². The SMILES string of the molecule is [CH2]P(OCCCC)OCCCC. The first-order valence-corrected chi connectivity index (χ1v) is 6.04. The Morgan fingerprint density at radius 1 is 1.00 bits per heavy atom. The average Bonchev–Trinajstić information content (AvgIpc) is 2.06. The normalized spacial score (nSPS) is 11.0. The molecule has 0 aliphatic heterocycles. The van der Waals surface area contributed by atoms with Crippen molar-refractivity contribution in [3.63, 3.8) is 0 Å². The number of rotatable bonds is 8. The molecular weight excluding hydrogens is 171 g/mol. The maximum Gasteiger partial charge on any atom is 0.170 e. The van der Waals surface area contributed by atoms with E-state index in [1.807, 2.05) is 0 Å². The van der Waals surface area contributed by atoms with Gasteiger partial charge in [-0.15, -0.1) is 0 Å². The highest BCUT2D eigenvalue weighted by atomic mass is 31.2. The van der Waals surface area contributed by atoms with Crippen LogP contribution in [0.4, 0.5) is 0 Å².